The van der Waals surface area contributed by atoms with Crippen LogP contribution in [-0.4, -0.2) is 39.9 Å². The van der Waals surface area contributed by atoms with Crippen LogP contribution in [-0.2, 0) is 0 Å². The second-order valence-electron chi connectivity index (χ2n) is 4.24. The Morgan fingerprint density at radius 3 is 2.17 bits per heavy atom. The van der Waals surface area contributed by atoms with Crippen molar-refractivity contribution in [3.63, 3.8) is 0 Å². The lowest BCUT2D eigenvalue weighted by molar-refractivity contribution is 0.178. The molecule has 1 saturated carbocycles. The fourth-order valence-corrected chi connectivity index (χ4v) is 2.06. The van der Waals surface area contributed by atoms with Gasteiger partial charge in [0.25, 0.3) is 0 Å². The number of aliphatic hydroxyl groups excluding tert-OH is 1. The molecule has 0 atom stereocenters. The molecule has 5 N–H and O–H groups in total. The van der Waals surface area contributed by atoms with E-state index in [1.807, 2.05) is 0 Å². The van der Waals surface area contributed by atoms with Crippen molar-refractivity contribution < 1.29 is 24.9 Å². The molecule has 0 aromatic carbocycles. The van der Waals surface area contributed by atoms with Crippen molar-refractivity contribution in [1.29, 1.82) is 0 Å². The maximum atomic E-state index is 10.6. The summed E-state index contributed by atoms with van der Waals surface area (Å²) in [5.41, 5.74) is 1.80. The third kappa shape index (κ3) is 4.58. The van der Waals surface area contributed by atoms with E-state index in [-0.39, 0.29) is 24.3 Å². The molecule has 18 heavy (non-hydrogen) atoms. The first-order valence-electron chi connectivity index (χ1n) is 5.70. The number of nitrogens with one attached hydrogen (secondary N) is 2. The Kier molecular flexibility index (Phi) is 5.37. The number of hydrazone groups is 1. The predicted octanol–water partition coefficient (Wildman–Crippen LogP) is 0.634. The van der Waals surface area contributed by atoms with Gasteiger partial charge >= 0.3 is 12.2 Å². The van der Waals surface area contributed by atoms with Crippen LogP contribution in [0.15, 0.2) is 5.10 Å². The highest BCUT2D eigenvalue weighted by Crippen LogP contribution is 2.28. The summed E-state index contributed by atoms with van der Waals surface area (Å²) in [7, 11) is 0. The van der Waals surface area contributed by atoms with Gasteiger partial charge in [0, 0.05) is 12.5 Å². The van der Waals surface area contributed by atoms with Gasteiger partial charge < -0.3 is 15.3 Å². The molecule has 0 heterocycles. The van der Waals surface area contributed by atoms with E-state index in [9.17, 15) is 9.59 Å². The molecule has 0 aromatic heterocycles. The molecule has 0 aliphatic heterocycles. The number of rotatable bonds is 3. The Hall–Kier alpha value is -1.83. The summed E-state index contributed by atoms with van der Waals surface area (Å²) in [5.74, 6) is 0.219. The van der Waals surface area contributed by atoms with Crippen LogP contribution in [0.3, 0.4) is 0 Å². The maximum absolute atomic E-state index is 10.6. The van der Waals surface area contributed by atoms with Gasteiger partial charge in [0.2, 0.25) is 0 Å². The number of hydrogen-bond acceptors (Lipinski definition) is 4. The van der Waals surface area contributed by atoms with Gasteiger partial charge in [0.1, 0.15) is 5.84 Å². The van der Waals surface area contributed by atoms with E-state index in [1.165, 1.54) is 0 Å². The standard InChI is InChI=1S/C10H17N3O5/c14-5-6-1-3-7(4-2-6)8(11-9(15)16)12-13-10(17)18/h6-7,13-14H,1-5H2,(H,11,12)(H,15,16)(H,17,18). The van der Waals surface area contributed by atoms with E-state index < -0.39 is 12.2 Å². The zero-order valence-electron chi connectivity index (χ0n) is 9.80. The van der Waals surface area contributed by atoms with Crippen molar-refractivity contribution in [3.8, 4) is 0 Å². The van der Waals surface area contributed by atoms with Crippen molar-refractivity contribution >= 4 is 18.0 Å². The summed E-state index contributed by atoms with van der Waals surface area (Å²) in [6.07, 6.45) is 0.273. The molecule has 0 unspecified atom stereocenters. The lowest BCUT2D eigenvalue weighted by Crippen LogP contribution is -2.38. The largest absolute Gasteiger partial charge is 0.465 e. The lowest BCUT2D eigenvalue weighted by Gasteiger charge is -2.27. The molecular formula is C10H17N3O5. The third-order valence-corrected chi connectivity index (χ3v) is 3.00. The molecular weight excluding hydrogens is 242 g/mol. The van der Waals surface area contributed by atoms with E-state index in [0.717, 1.165) is 12.8 Å². The highest BCUT2D eigenvalue weighted by molar-refractivity contribution is 5.96. The Balaban J connectivity index is 2.62. The fraction of sp³-hybridized carbons (Fsp3) is 0.700. The van der Waals surface area contributed by atoms with Crippen molar-refractivity contribution in [2.45, 2.75) is 25.7 Å². The van der Waals surface area contributed by atoms with Crippen LogP contribution in [0, 0.1) is 11.8 Å². The van der Waals surface area contributed by atoms with Crippen LogP contribution >= 0.6 is 0 Å². The van der Waals surface area contributed by atoms with Crippen LogP contribution < -0.4 is 10.7 Å². The van der Waals surface area contributed by atoms with Gasteiger partial charge in [0.15, 0.2) is 0 Å². The summed E-state index contributed by atoms with van der Waals surface area (Å²) in [5, 5.41) is 31.8. The Morgan fingerprint density at radius 1 is 1.11 bits per heavy atom. The maximum Gasteiger partial charge on any atom is 0.425 e. The quantitative estimate of drug-likeness (QED) is 0.288. The minimum absolute atomic E-state index is 0.112. The van der Waals surface area contributed by atoms with Crippen molar-refractivity contribution in [2.75, 3.05) is 6.61 Å². The highest BCUT2D eigenvalue weighted by Gasteiger charge is 2.25. The van der Waals surface area contributed by atoms with Gasteiger partial charge in [-0.15, -0.1) is 0 Å². The molecule has 8 nitrogen and oxygen atoms in total. The van der Waals surface area contributed by atoms with Gasteiger partial charge in [-0.05, 0) is 31.6 Å². The van der Waals surface area contributed by atoms with Crippen molar-refractivity contribution in [2.24, 2.45) is 16.9 Å². The minimum atomic E-state index is -1.34. The SMILES string of the molecule is O=C(O)NN=C(NC(=O)O)C1CCC(CO)CC1. The molecule has 102 valence electrons. The minimum Gasteiger partial charge on any atom is -0.465 e. The molecule has 0 radical (unpaired) electrons. The second-order valence-corrected chi connectivity index (χ2v) is 4.24. The fourth-order valence-electron chi connectivity index (χ4n) is 2.06. The number of amidine groups is 1. The highest BCUT2D eigenvalue weighted by atomic mass is 16.4. The molecule has 0 aromatic rings. The molecule has 8 heteroatoms. The monoisotopic (exact) mass is 259 g/mol. The molecule has 1 aliphatic carbocycles. The second kappa shape index (κ2) is 6.80. The first-order chi connectivity index (χ1) is 8.52. The van der Waals surface area contributed by atoms with Crippen molar-refractivity contribution in [1.82, 2.24) is 10.7 Å². The smallest absolute Gasteiger partial charge is 0.425 e. The van der Waals surface area contributed by atoms with Crippen molar-refractivity contribution in [3.05, 3.63) is 0 Å². The zero-order chi connectivity index (χ0) is 13.5. The van der Waals surface area contributed by atoms with E-state index >= 15 is 0 Å². The predicted molar refractivity (Wildman–Crippen MR) is 62.3 cm³/mol. The molecule has 2 amide bonds. The first kappa shape index (κ1) is 14.2. The molecule has 0 saturated heterocycles. The summed E-state index contributed by atoms with van der Waals surface area (Å²) in [4.78, 5) is 21.0. The van der Waals surface area contributed by atoms with E-state index in [2.05, 4.69) is 10.4 Å². The Bertz CT molecular complexity index is 336. The van der Waals surface area contributed by atoms with Gasteiger partial charge in [-0.1, -0.05) is 0 Å². The van der Waals surface area contributed by atoms with Gasteiger partial charge in [-0.2, -0.15) is 5.10 Å². The van der Waals surface area contributed by atoms with Crippen LogP contribution in [0.2, 0.25) is 0 Å². The van der Waals surface area contributed by atoms with Crippen LogP contribution in [0.25, 0.3) is 0 Å². The number of amides is 2. The zero-order valence-corrected chi connectivity index (χ0v) is 9.80. The topological polar surface area (TPSA) is 131 Å². The number of nitrogens with zero attached hydrogens (tertiary/aromatic N) is 1. The van der Waals surface area contributed by atoms with E-state index in [4.69, 9.17) is 15.3 Å². The van der Waals surface area contributed by atoms with Gasteiger partial charge in [-0.3, -0.25) is 5.32 Å². The molecule has 1 aliphatic rings. The molecule has 1 fully saturated rings. The third-order valence-electron chi connectivity index (χ3n) is 3.00. The van der Waals surface area contributed by atoms with Crippen LogP contribution in [0.1, 0.15) is 25.7 Å². The first-order valence-corrected chi connectivity index (χ1v) is 5.70. The average Bonchev–Trinajstić information content (AvgIpc) is 2.34. The van der Waals surface area contributed by atoms with Gasteiger partial charge in [-0.25, -0.2) is 15.0 Å². The summed E-state index contributed by atoms with van der Waals surface area (Å²) in [6, 6.07) is 0. The van der Waals surface area contributed by atoms with E-state index in [1.54, 1.807) is 5.43 Å². The summed E-state index contributed by atoms with van der Waals surface area (Å²) in [6.45, 7) is 0.124. The molecule has 1 rings (SSSR count). The summed E-state index contributed by atoms with van der Waals surface area (Å²) >= 11 is 0. The van der Waals surface area contributed by atoms with Gasteiger partial charge in [0.05, 0.1) is 0 Å². The number of hydrogen-bond donors (Lipinski definition) is 5. The Labute approximate surface area is 104 Å². The number of carboxylic acid groups (broad SMARTS) is 2. The number of aliphatic hydroxyl groups is 1. The number of carbonyl (C=O) groups is 2. The average molecular weight is 259 g/mol. The normalized spacial score (nSPS) is 24.4. The Morgan fingerprint density at radius 2 is 1.72 bits per heavy atom. The summed E-state index contributed by atoms with van der Waals surface area (Å²) < 4.78 is 0. The van der Waals surface area contributed by atoms with Crippen LogP contribution in [0.5, 0.6) is 0 Å². The lowest BCUT2D eigenvalue weighted by atomic mass is 9.82. The van der Waals surface area contributed by atoms with Crippen LogP contribution in [0.4, 0.5) is 9.59 Å². The molecule has 0 spiro atoms. The van der Waals surface area contributed by atoms with E-state index in [0.29, 0.717) is 12.8 Å². The molecule has 0 bridgehead atoms.